The first-order valence-corrected chi connectivity index (χ1v) is 24.4. The van der Waals surface area contributed by atoms with Gasteiger partial charge in [-0.1, -0.05) is 150 Å². The van der Waals surface area contributed by atoms with Crippen LogP contribution in [0.3, 0.4) is 0 Å². The molecule has 0 spiro atoms. The minimum Gasteiger partial charge on any atom is -0.376 e. The largest absolute Gasteiger partial charge is 0.376 e. The van der Waals surface area contributed by atoms with E-state index in [0.29, 0.717) is 0 Å². The lowest BCUT2D eigenvalue weighted by Gasteiger charge is -2.46. The normalized spacial score (nSPS) is 17.5. The third-order valence-electron chi connectivity index (χ3n) is 16.0. The predicted octanol–water partition coefficient (Wildman–Crippen LogP) is 14.8. The molecule has 4 heterocycles. The van der Waals surface area contributed by atoms with Gasteiger partial charge in [-0.25, -0.2) is 0 Å². The Bertz CT molecular complexity index is 3590. The number of hydrogen-bond donors (Lipinski definition) is 0. The van der Waals surface area contributed by atoms with Crippen LogP contribution in [-0.2, 0) is 16.2 Å². The molecule has 1 aromatic heterocycles. The first-order chi connectivity index (χ1) is 30.4. The average Bonchev–Trinajstić information content (AvgIpc) is 3.72. The van der Waals surface area contributed by atoms with E-state index in [1.165, 1.54) is 143 Å². The molecule has 0 amide bonds. The highest BCUT2D eigenvalue weighted by molar-refractivity contribution is 8.05. The zero-order valence-electron chi connectivity index (χ0n) is 36.9. The molecule has 0 N–H and O–H groups in total. The van der Waals surface area contributed by atoms with Crippen molar-refractivity contribution in [3.63, 3.8) is 0 Å². The second kappa shape index (κ2) is 12.1. The molecule has 0 bridgehead atoms. The second-order valence-electron chi connectivity index (χ2n) is 20.8. The molecule has 0 saturated carbocycles. The number of fused-ring (bicyclic) bond motifs is 15. The Kier molecular flexibility index (Phi) is 7.09. The van der Waals surface area contributed by atoms with Gasteiger partial charge in [0.15, 0.2) is 0 Å². The lowest BCUT2D eigenvalue weighted by atomic mass is 9.43. The van der Waals surface area contributed by atoms with Crippen LogP contribution in [0.5, 0.6) is 0 Å². The SMILES string of the molecule is Cc1cc2c(cc1N1B3c4c(cc5c(c4-c4cc6c(cc41)Sc1ccccc1S6)-c1ccccc1C5(C)C)-n1c4cc5ccccc5cc4c4cccc3c41)C(C)(C)CCC2(C)C. The van der Waals surface area contributed by atoms with Crippen molar-refractivity contribution < 1.29 is 0 Å². The van der Waals surface area contributed by atoms with Crippen LogP contribution >= 0.6 is 23.5 Å². The monoisotopic (exact) mass is 846 g/mol. The van der Waals surface area contributed by atoms with Crippen molar-refractivity contribution >= 4 is 85.3 Å². The van der Waals surface area contributed by atoms with E-state index >= 15 is 0 Å². The van der Waals surface area contributed by atoms with Crippen LogP contribution in [0.15, 0.2) is 153 Å². The molecule has 0 unspecified atom stereocenters. The Balaban J connectivity index is 1.17. The van der Waals surface area contributed by atoms with Gasteiger partial charge in [-0.3, -0.25) is 0 Å². The number of hydrogen-bond acceptors (Lipinski definition) is 3. The molecule has 0 fully saturated rings. The smallest absolute Gasteiger partial charge is 0.333 e. The maximum Gasteiger partial charge on any atom is 0.333 e. The van der Waals surface area contributed by atoms with Crippen LogP contribution in [0.25, 0.3) is 60.5 Å². The highest BCUT2D eigenvalue weighted by Gasteiger charge is 2.49. The van der Waals surface area contributed by atoms with Gasteiger partial charge >= 0.3 is 6.85 Å². The number of rotatable bonds is 1. The molecule has 2 aliphatic carbocycles. The Hall–Kier alpha value is -5.62. The fourth-order valence-electron chi connectivity index (χ4n) is 12.6. The summed E-state index contributed by atoms with van der Waals surface area (Å²) in [4.78, 5) is 8.17. The summed E-state index contributed by atoms with van der Waals surface area (Å²) in [5.41, 5.74) is 22.1. The molecule has 304 valence electrons. The summed E-state index contributed by atoms with van der Waals surface area (Å²) < 4.78 is 2.68. The van der Waals surface area contributed by atoms with Gasteiger partial charge in [0.05, 0.1) is 11.0 Å². The Morgan fingerprint density at radius 2 is 1.16 bits per heavy atom. The van der Waals surface area contributed by atoms with Crippen molar-refractivity contribution in [2.24, 2.45) is 0 Å². The molecule has 8 aromatic carbocycles. The molecule has 14 rings (SSSR count). The number of anilines is 2. The minimum absolute atomic E-state index is 0.0540. The van der Waals surface area contributed by atoms with Crippen LogP contribution < -0.4 is 15.7 Å². The Labute approximate surface area is 378 Å². The van der Waals surface area contributed by atoms with E-state index in [4.69, 9.17) is 0 Å². The Morgan fingerprint density at radius 3 is 1.92 bits per heavy atom. The lowest BCUT2D eigenvalue weighted by molar-refractivity contribution is 0.332. The highest BCUT2D eigenvalue weighted by Crippen LogP contribution is 2.60. The van der Waals surface area contributed by atoms with E-state index in [-0.39, 0.29) is 23.1 Å². The van der Waals surface area contributed by atoms with Gasteiger partial charge in [-0.05, 0) is 145 Å². The fourth-order valence-corrected chi connectivity index (χ4v) is 14.9. The van der Waals surface area contributed by atoms with Crippen molar-refractivity contribution in [2.45, 2.75) is 97.1 Å². The van der Waals surface area contributed by atoms with Gasteiger partial charge < -0.3 is 9.38 Å². The standard InChI is InChI=1S/C58H47BN2S2/c1-32-25-40-41(57(4,5)24-23-56(40,2)3)29-44(32)61-46-31-51-50(62-48-21-12-13-22-49(48)63-51)28-38(46)53-52-36-17-10-11-19-39(36)58(6,7)42(52)30-47-54(53)59(61)43-20-14-18-35-37-26-33-15-8-9-16-34(33)27-45(37)60(47)55(35)43/h8-22,25-31H,23-24H2,1-7H3. The molecule has 63 heavy (non-hydrogen) atoms. The van der Waals surface area contributed by atoms with E-state index in [9.17, 15) is 0 Å². The van der Waals surface area contributed by atoms with E-state index in [1.54, 1.807) is 0 Å². The van der Waals surface area contributed by atoms with Gasteiger partial charge in [0.1, 0.15) is 0 Å². The number of aromatic nitrogens is 1. The number of aryl methyl sites for hydroxylation is 1. The first kappa shape index (κ1) is 36.8. The number of nitrogens with zero attached hydrogens (tertiary/aromatic N) is 2. The molecule has 3 aliphatic heterocycles. The van der Waals surface area contributed by atoms with Gasteiger partial charge in [-0.15, -0.1) is 0 Å². The van der Waals surface area contributed by atoms with Crippen LogP contribution in [0.1, 0.15) is 82.2 Å². The van der Waals surface area contributed by atoms with Crippen molar-refractivity contribution in [1.29, 1.82) is 0 Å². The number of benzene rings is 8. The van der Waals surface area contributed by atoms with Crippen molar-refractivity contribution in [1.82, 2.24) is 4.57 Å². The van der Waals surface area contributed by atoms with Crippen LogP contribution in [-0.4, -0.2) is 11.4 Å². The van der Waals surface area contributed by atoms with E-state index < -0.39 is 0 Å². The predicted molar refractivity (Wildman–Crippen MR) is 270 cm³/mol. The quantitative estimate of drug-likeness (QED) is 0.152. The van der Waals surface area contributed by atoms with Crippen molar-refractivity contribution in [3.8, 4) is 27.9 Å². The summed E-state index contributed by atoms with van der Waals surface area (Å²) >= 11 is 3.87. The molecular formula is C58H47BN2S2. The molecule has 0 saturated heterocycles. The summed E-state index contributed by atoms with van der Waals surface area (Å²) in [6.45, 7) is 17.1. The van der Waals surface area contributed by atoms with Crippen molar-refractivity contribution in [3.05, 3.63) is 161 Å². The molecule has 5 aliphatic rings. The summed E-state index contributed by atoms with van der Waals surface area (Å²) in [6.07, 6.45) is 2.38. The molecule has 9 aromatic rings. The van der Waals surface area contributed by atoms with Crippen LogP contribution in [0.2, 0.25) is 0 Å². The van der Waals surface area contributed by atoms with Gasteiger partial charge in [0.2, 0.25) is 0 Å². The van der Waals surface area contributed by atoms with Crippen LogP contribution in [0, 0.1) is 6.92 Å². The molecule has 0 atom stereocenters. The molecule has 5 heteroatoms. The lowest BCUT2D eigenvalue weighted by Crippen LogP contribution is -2.61. The minimum atomic E-state index is -0.179. The molecule has 2 nitrogen and oxygen atoms in total. The third kappa shape index (κ3) is 4.70. The van der Waals surface area contributed by atoms with Crippen LogP contribution in [0.4, 0.5) is 11.4 Å². The highest BCUT2D eigenvalue weighted by atomic mass is 32.2. The summed E-state index contributed by atoms with van der Waals surface area (Å²) in [7, 11) is 0. The fraction of sp³-hybridized carbons (Fsp3) is 0.207. The topological polar surface area (TPSA) is 8.17 Å². The van der Waals surface area contributed by atoms with E-state index in [1.807, 2.05) is 23.5 Å². The van der Waals surface area contributed by atoms with Gasteiger partial charge in [0.25, 0.3) is 0 Å². The maximum atomic E-state index is 2.81. The molecular weight excluding hydrogens is 800 g/mol. The van der Waals surface area contributed by atoms with Gasteiger partial charge in [0, 0.05) is 58.4 Å². The number of para-hydroxylation sites is 1. The summed E-state index contributed by atoms with van der Waals surface area (Å²) in [6, 6.07) is 52.2. The maximum absolute atomic E-state index is 2.81. The zero-order chi connectivity index (χ0) is 42.5. The summed E-state index contributed by atoms with van der Waals surface area (Å²) in [5.74, 6) is 0. The Morgan fingerprint density at radius 1 is 0.508 bits per heavy atom. The first-order valence-electron chi connectivity index (χ1n) is 22.7. The van der Waals surface area contributed by atoms with E-state index in [2.05, 4.69) is 191 Å². The zero-order valence-corrected chi connectivity index (χ0v) is 38.5. The van der Waals surface area contributed by atoms with Crippen molar-refractivity contribution in [2.75, 3.05) is 4.81 Å². The van der Waals surface area contributed by atoms with Gasteiger partial charge in [-0.2, -0.15) is 0 Å². The second-order valence-corrected chi connectivity index (χ2v) is 22.9. The van der Waals surface area contributed by atoms with E-state index in [0.717, 1.165) is 0 Å². The summed E-state index contributed by atoms with van der Waals surface area (Å²) in [5, 5.41) is 5.21. The molecule has 0 radical (unpaired) electrons. The average molecular weight is 847 g/mol. The third-order valence-corrected chi connectivity index (χ3v) is 18.5.